The molecule has 1 rings (SSSR count). The zero-order valence-electron chi connectivity index (χ0n) is 7.33. The molecule has 1 aliphatic rings. The zero-order valence-corrected chi connectivity index (χ0v) is 7.33. The molecule has 0 N–H and O–H groups in total. The highest BCUT2D eigenvalue weighted by atomic mass is 16.6. The second-order valence-electron chi connectivity index (χ2n) is 3.29. The summed E-state index contributed by atoms with van der Waals surface area (Å²) in [6.07, 6.45) is 2.10. The summed E-state index contributed by atoms with van der Waals surface area (Å²) in [5.74, 6) is 0. The molecule has 0 heterocycles. The third-order valence-corrected chi connectivity index (χ3v) is 1.85. The van der Waals surface area contributed by atoms with Crippen molar-refractivity contribution < 1.29 is 9.53 Å². The van der Waals surface area contributed by atoms with Crippen LogP contribution in [-0.4, -0.2) is 30.2 Å². The first-order valence-electron chi connectivity index (χ1n) is 4.04. The Morgan fingerprint density at radius 3 is 2.45 bits per heavy atom. The first-order chi connectivity index (χ1) is 5.11. The molecule has 11 heavy (non-hydrogen) atoms. The Hall–Kier alpha value is -0.730. The zero-order chi connectivity index (χ0) is 8.43. The van der Waals surface area contributed by atoms with Gasteiger partial charge in [0, 0.05) is 13.1 Å². The van der Waals surface area contributed by atoms with E-state index in [1.807, 2.05) is 13.8 Å². The maximum Gasteiger partial charge on any atom is 0.410 e. The van der Waals surface area contributed by atoms with E-state index < -0.39 is 0 Å². The van der Waals surface area contributed by atoms with E-state index in [1.165, 1.54) is 0 Å². The second-order valence-corrected chi connectivity index (χ2v) is 3.29. The van der Waals surface area contributed by atoms with E-state index in [0.717, 1.165) is 12.8 Å². The molecule has 0 spiro atoms. The molecule has 0 aromatic rings. The van der Waals surface area contributed by atoms with Gasteiger partial charge in [-0.3, -0.25) is 0 Å². The normalized spacial score (nSPS) is 16.7. The number of hydrogen-bond donors (Lipinski definition) is 0. The Bertz CT molecular complexity index is 152. The summed E-state index contributed by atoms with van der Waals surface area (Å²) in [6, 6.07) is 0.223. The molecule has 0 bridgehead atoms. The fraction of sp³-hybridized carbons (Fsp3) is 0.875. The van der Waals surface area contributed by atoms with E-state index in [0.29, 0.717) is 0 Å². The Kier molecular flexibility index (Phi) is 2.37. The Labute approximate surface area is 67.3 Å². The average molecular weight is 157 g/mol. The standard InChI is InChI=1S/C8H15NO2/c1-6(2)9(3)8(10)11-7-4-5-7/h6-7H,4-5H2,1-3H3. The van der Waals surface area contributed by atoms with Crippen LogP contribution in [-0.2, 0) is 4.74 Å². The molecule has 0 saturated heterocycles. The monoisotopic (exact) mass is 157 g/mol. The number of rotatable bonds is 2. The molecule has 0 radical (unpaired) electrons. The van der Waals surface area contributed by atoms with Gasteiger partial charge in [0.15, 0.2) is 0 Å². The Morgan fingerprint density at radius 2 is 2.09 bits per heavy atom. The first-order valence-corrected chi connectivity index (χ1v) is 4.04. The fourth-order valence-electron chi connectivity index (χ4n) is 0.622. The number of nitrogens with zero attached hydrogens (tertiary/aromatic N) is 1. The summed E-state index contributed by atoms with van der Waals surface area (Å²) < 4.78 is 5.07. The van der Waals surface area contributed by atoms with Crippen LogP contribution < -0.4 is 0 Å². The van der Waals surface area contributed by atoms with Crippen molar-refractivity contribution in [1.29, 1.82) is 0 Å². The lowest BCUT2D eigenvalue weighted by molar-refractivity contribution is 0.0957. The van der Waals surface area contributed by atoms with E-state index in [-0.39, 0.29) is 18.2 Å². The van der Waals surface area contributed by atoms with Gasteiger partial charge in [-0.15, -0.1) is 0 Å². The maximum absolute atomic E-state index is 11.1. The molecule has 64 valence electrons. The fourth-order valence-corrected chi connectivity index (χ4v) is 0.622. The SMILES string of the molecule is CC(C)N(C)C(=O)OC1CC1. The second kappa shape index (κ2) is 3.11. The van der Waals surface area contributed by atoms with Gasteiger partial charge in [0.1, 0.15) is 6.10 Å². The molecular weight excluding hydrogens is 142 g/mol. The molecule has 0 aliphatic heterocycles. The van der Waals surface area contributed by atoms with Crippen LogP contribution in [0, 0.1) is 0 Å². The van der Waals surface area contributed by atoms with Crippen LogP contribution in [0.15, 0.2) is 0 Å². The molecule has 1 fully saturated rings. The average Bonchev–Trinajstić information content (AvgIpc) is 2.69. The number of ether oxygens (including phenoxy) is 1. The molecule has 0 aromatic heterocycles. The largest absolute Gasteiger partial charge is 0.446 e. The molecule has 1 amide bonds. The quantitative estimate of drug-likeness (QED) is 0.609. The van der Waals surface area contributed by atoms with Crippen LogP contribution in [0.1, 0.15) is 26.7 Å². The van der Waals surface area contributed by atoms with E-state index in [1.54, 1.807) is 11.9 Å². The van der Waals surface area contributed by atoms with Gasteiger partial charge in [-0.2, -0.15) is 0 Å². The van der Waals surface area contributed by atoms with Crippen molar-refractivity contribution in [3.8, 4) is 0 Å². The Balaban J connectivity index is 2.26. The summed E-state index contributed by atoms with van der Waals surface area (Å²) in [4.78, 5) is 12.7. The predicted octanol–water partition coefficient (Wildman–Crippen LogP) is 1.63. The predicted molar refractivity (Wildman–Crippen MR) is 42.4 cm³/mol. The van der Waals surface area contributed by atoms with Gasteiger partial charge in [0.05, 0.1) is 0 Å². The van der Waals surface area contributed by atoms with Crippen LogP contribution in [0.4, 0.5) is 4.79 Å². The van der Waals surface area contributed by atoms with Crippen molar-refractivity contribution in [3.05, 3.63) is 0 Å². The molecule has 1 saturated carbocycles. The lowest BCUT2D eigenvalue weighted by Crippen LogP contribution is -2.33. The molecule has 3 nitrogen and oxygen atoms in total. The van der Waals surface area contributed by atoms with Gasteiger partial charge in [-0.25, -0.2) is 4.79 Å². The lowest BCUT2D eigenvalue weighted by Gasteiger charge is -2.20. The summed E-state index contributed by atoms with van der Waals surface area (Å²) in [5, 5.41) is 0. The summed E-state index contributed by atoms with van der Waals surface area (Å²) in [7, 11) is 1.76. The lowest BCUT2D eigenvalue weighted by atomic mass is 10.4. The van der Waals surface area contributed by atoms with Gasteiger partial charge in [0.2, 0.25) is 0 Å². The third-order valence-electron chi connectivity index (χ3n) is 1.85. The van der Waals surface area contributed by atoms with Crippen LogP contribution in [0.25, 0.3) is 0 Å². The van der Waals surface area contributed by atoms with Crippen molar-refractivity contribution in [1.82, 2.24) is 4.90 Å². The molecular formula is C8H15NO2. The smallest absolute Gasteiger partial charge is 0.410 e. The molecule has 0 unspecified atom stereocenters. The minimum atomic E-state index is -0.192. The van der Waals surface area contributed by atoms with Crippen LogP contribution in [0.3, 0.4) is 0 Å². The number of hydrogen-bond acceptors (Lipinski definition) is 2. The Morgan fingerprint density at radius 1 is 1.55 bits per heavy atom. The molecule has 0 atom stereocenters. The van der Waals surface area contributed by atoms with Crippen LogP contribution >= 0.6 is 0 Å². The van der Waals surface area contributed by atoms with Gasteiger partial charge in [-0.1, -0.05) is 0 Å². The van der Waals surface area contributed by atoms with Crippen molar-refractivity contribution in [2.45, 2.75) is 38.8 Å². The van der Waals surface area contributed by atoms with Gasteiger partial charge < -0.3 is 9.64 Å². The molecule has 1 aliphatic carbocycles. The molecule has 0 aromatic carbocycles. The summed E-state index contributed by atoms with van der Waals surface area (Å²) >= 11 is 0. The number of carbonyl (C=O) groups excluding carboxylic acids is 1. The third kappa shape index (κ3) is 2.41. The van der Waals surface area contributed by atoms with Gasteiger partial charge >= 0.3 is 6.09 Å². The first kappa shape index (κ1) is 8.37. The highest BCUT2D eigenvalue weighted by molar-refractivity contribution is 5.67. The van der Waals surface area contributed by atoms with E-state index >= 15 is 0 Å². The topological polar surface area (TPSA) is 29.5 Å². The minimum absolute atomic E-state index is 0.192. The van der Waals surface area contributed by atoms with Crippen LogP contribution in [0.5, 0.6) is 0 Å². The minimum Gasteiger partial charge on any atom is -0.446 e. The van der Waals surface area contributed by atoms with Crippen molar-refractivity contribution in [2.24, 2.45) is 0 Å². The maximum atomic E-state index is 11.1. The van der Waals surface area contributed by atoms with Crippen molar-refractivity contribution >= 4 is 6.09 Å². The number of carbonyl (C=O) groups is 1. The molecule has 3 heteroatoms. The van der Waals surface area contributed by atoms with Crippen molar-refractivity contribution in [2.75, 3.05) is 7.05 Å². The van der Waals surface area contributed by atoms with Crippen molar-refractivity contribution in [3.63, 3.8) is 0 Å². The number of amides is 1. The highest BCUT2D eigenvalue weighted by Gasteiger charge is 2.27. The van der Waals surface area contributed by atoms with Crippen LogP contribution in [0.2, 0.25) is 0 Å². The van der Waals surface area contributed by atoms with E-state index in [2.05, 4.69) is 0 Å². The highest BCUT2D eigenvalue weighted by Crippen LogP contribution is 2.24. The summed E-state index contributed by atoms with van der Waals surface area (Å²) in [5.41, 5.74) is 0. The van der Waals surface area contributed by atoms with E-state index in [9.17, 15) is 4.79 Å². The van der Waals surface area contributed by atoms with E-state index in [4.69, 9.17) is 4.74 Å². The van der Waals surface area contributed by atoms with Gasteiger partial charge in [-0.05, 0) is 26.7 Å². The van der Waals surface area contributed by atoms with Gasteiger partial charge in [0.25, 0.3) is 0 Å². The summed E-state index contributed by atoms with van der Waals surface area (Å²) in [6.45, 7) is 3.93.